The van der Waals surface area contributed by atoms with Crippen molar-refractivity contribution in [2.24, 2.45) is 5.73 Å². The Kier molecular flexibility index (Phi) is 2.80. The van der Waals surface area contributed by atoms with Gasteiger partial charge in [0.15, 0.2) is 9.84 Å². The highest BCUT2D eigenvalue weighted by molar-refractivity contribution is 7.92. The maximum Gasteiger partial charge on any atom is 0.181 e. The first-order valence-electron chi connectivity index (χ1n) is 5.15. The second-order valence-electron chi connectivity index (χ2n) is 4.05. The maximum absolute atomic E-state index is 12.1. The average molecular weight is 225 g/mol. The highest BCUT2D eigenvalue weighted by Crippen LogP contribution is 2.28. The Balaban J connectivity index is 2.28. The number of sulfone groups is 1. The molecular formula is C11H15NO2S. The second-order valence-corrected chi connectivity index (χ2v) is 6.28. The number of benzene rings is 1. The lowest BCUT2D eigenvalue weighted by Crippen LogP contribution is -2.22. The van der Waals surface area contributed by atoms with Crippen molar-refractivity contribution >= 4 is 9.84 Å². The van der Waals surface area contributed by atoms with Gasteiger partial charge in [0.2, 0.25) is 0 Å². The Labute approximate surface area is 90.2 Å². The molecule has 0 saturated heterocycles. The summed E-state index contributed by atoms with van der Waals surface area (Å²) in [5.41, 5.74) is 5.74. The van der Waals surface area contributed by atoms with Crippen LogP contribution in [0.2, 0.25) is 0 Å². The third-order valence-corrected chi connectivity index (χ3v) is 5.17. The lowest BCUT2D eigenvalue weighted by Gasteiger charge is -2.10. The number of hydrogen-bond donors (Lipinski definition) is 1. The molecule has 2 N–H and O–H groups in total. The van der Waals surface area contributed by atoms with Crippen molar-refractivity contribution in [3.8, 4) is 0 Å². The summed E-state index contributed by atoms with van der Waals surface area (Å²) in [4.78, 5) is 0.420. The minimum Gasteiger partial charge on any atom is -0.328 e. The predicted octanol–water partition coefficient (Wildman–Crippen LogP) is 1.34. The third kappa shape index (κ3) is 2.06. The first-order valence-corrected chi connectivity index (χ1v) is 6.70. The van der Waals surface area contributed by atoms with Gasteiger partial charge in [-0.1, -0.05) is 18.2 Å². The third-order valence-electron chi connectivity index (χ3n) is 2.94. The molecule has 2 atom stereocenters. The van der Waals surface area contributed by atoms with Crippen LogP contribution in [0.15, 0.2) is 35.2 Å². The summed E-state index contributed by atoms with van der Waals surface area (Å²) in [5.74, 6) is 0. The maximum atomic E-state index is 12.1. The smallest absolute Gasteiger partial charge is 0.181 e. The molecule has 0 radical (unpaired) electrons. The van der Waals surface area contributed by atoms with Crippen LogP contribution in [0.1, 0.15) is 19.3 Å². The molecule has 3 nitrogen and oxygen atoms in total. The van der Waals surface area contributed by atoms with E-state index in [0.717, 1.165) is 6.42 Å². The second kappa shape index (κ2) is 3.94. The van der Waals surface area contributed by atoms with E-state index in [4.69, 9.17) is 5.73 Å². The van der Waals surface area contributed by atoms with Gasteiger partial charge in [0, 0.05) is 6.04 Å². The molecule has 0 heterocycles. The molecular weight excluding hydrogens is 210 g/mol. The van der Waals surface area contributed by atoms with Gasteiger partial charge < -0.3 is 5.73 Å². The predicted molar refractivity (Wildman–Crippen MR) is 59.2 cm³/mol. The van der Waals surface area contributed by atoms with Gasteiger partial charge in [-0.25, -0.2) is 8.42 Å². The molecule has 1 aromatic carbocycles. The monoisotopic (exact) mass is 225 g/mol. The molecule has 0 bridgehead atoms. The van der Waals surface area contributed by atoms with Crippen LogP contribution < -0.4 is 5.73 Å². The molecule has 1 saturated carbocycles. The van der Waals surface area contributed by atoms with Crippen molar-refractivity contribution in [2.45, 2.75) is 35.4 Å². The zero-order chi connectivity index (χ0) is 10.9. The van der Waals surface area contributed by atoms with Gasteiger partial charge in [-0.05, 0) is 31.4 Å². The molecule has 15 heavy (non-hydrogen) atoms. The average Bonchev–Trinajstić information content (AvgIpc) is 2.67. The molecule has 82 valence electrons. The van der Waals surface area contributed by atoms with E-state index in [9.17, 15) is 8.42 Å². The fraction of sp³-hybridized carbons (Fsp3) is 0.455. The Morgan fingerprint density at radius 3 is 2.33 bits per heavy atom. The molecule has 0 amide bonds. The summed E-state index contributed by atoms with van der Waals surface area (Å²) in [5, 5.41) is -0.283. The highest BCUT2D eigenvalue weighted by Gasteiger charge is 2.33. The van der Waals surface area contributed by atoms with Crippen LogP contribution >= 0.6 is 0 Å². The quantitative estimate of drug-likeness (QED) is 0.826. The fourth-order valence-electron chi connectivity index (χ4n) is 2.06. The lowest BCUT2D eigenvalue weighted by atomic mass is 10.3. The van der Waals surface area contributed by atoms with Crippen molar-refractivity contribution in [1.29, 1.82) is 0 Å². The van der Waals surface area contributed by atoms with E-state index in [1.165, 1.54) is 0 Å². The largest absolute Gasteiger partial charge is 0.328 e. The van der Waals surface area contributed by atoms with Crippen LogP contribution in [-0.2, 0) is 9.84 Å². The fourth-order valence-corrected chi connectivity index (χ4v) is 3.93. The summed E-state index contributed by atoms with van der Waals surface area (Å²) in [6, 6.07) is 8.68. The zero-order valence-corrected chi connectivity index (χ0v) is 9.28. The summed E-state index contributed by atoms with van der Waals surface area (Å²) in [7, 11) is -3.15. The van der Waals surface area contributed by atoms with Crippen LogP contribution in [0, 0.1) is 0 Å². The van der Waals surface area contributed by atoms with Crippen LogP contribution in [-0.4, -0.2) is 19.7 Å². The van der Waals surface area contributed by atoms with E-state index in [1.807, 2.05) is 6.07 Å². The molecule has 1 aliphatic carbocycles. The lowest BCUT2D eigenvalue weighted by molar-refractivity contribution is 0.578. The van der Waals surface area contributed by atoms with Gasteiger partial charge in [-0.2, -0.15) is 0 Å². The summed E-state index contributed by atoms with van der Waals surface area (Å²) < 4.78 is 24.2. The molecule has 0 aliphatic heterocycles. The van der Waals surface area contributed by atoms with E-state index in [2.05, 4.69) is 0 Å². The van der Waals surface area contributed by atoms with Gasteiger partial charge >= 0.3 is 0 Å². The van der Waals surface area contributed by atoms with Crippen LogP contribution in [0.3, 0.4) is 0 Å². The van der Waals surface area contributed by atoms with Gasteiger partial charge in [-0.15, -0.1) is 0 Å². The standard InChI is InChI=1S/C11H15NO2S/c12-9-6-7-11(8-9)15(13,14)10-4-2-1-3-5-10/h1-5,9,11H,6-8,12H2. The van der Waals surface area contributed by atoms with Crippen LogP contribution in [0.25, 0.3) is 0 Å². The first-order chi connectivity index (χ1) is 7.10. The minimum absolute atomic E-state index is 0.0495. The Bertz CT molecular complexity index is 427. The molecule has 1 fully saturated rings. The Morgan fingerprint density at radius 1 is 1.13 bits per heavy atom. The number of hydrogen-bond acceptors (Lipinski definition) is 3. The van der Waals surface area contributed by atoms with Crippen molar-refractivity contribution in [3.63, 3.8) is 0 Å². The Morgan fingerprint density at radius 2 is 1.80 bits per heavy atom. The molecule has 1 aliphatic rings. The van der Waals surface area contributed by atoms with E-state index in [-0.39, 0.29) is 11.3 Å². The van der Waals surface area contributed by atoms with Gasteiger partial charge in [0.05, 0.1) is 10.1 Å². The SMILES string of the molecule is NC1CCC(S(=O)(=O)c2ccccc2)C1. The van der Waals surface area contributed by atoms with Gasteiger partial charge in [0.1, 0.15) is 0 Å². The minimum atomic E-state index is -3.15. The molecule has 1 aromatic rings. The van der Waals surface area contributed by atoms with Crippen molar-refractivity contribution in [2.75, 3.05) is 0 Å². The topological polar surface area (TPSA) is 60.2 Å². The van der Waals surface area contributed by atoms with Gasteiger partial charge in [-0.3, -0.25) is 0 Å². The van der Waals surface area contributed by atoms with Crippen molar-refractivity contribution < 1.29 is 8.42 Å². The van der Waals surface area contributed by atoms with Crippen molar-refractivity contribution in [1.82, 2.24) is 0 Å². The zero-order valence-electron chi connectivity index (χ0n) is 8.46. The molecule has 0 spiro atoms. The van der Waals surface area contributed by atoms with E-state index >= 15 is 0 Å². The summed E-state index contributed by atoms with van der Waals surface area (Å²) >= 11 is 0. The Hall–Kier alpha value is -0.870. The van der Waals surface area contributed by atoms with E-state index < -0.39 is 9.84 Å². The number of rotatable bonds is 2. The van der Waals surface area contributed by atoms with Crippen LogP contribution in [0.4, 0.5) is 0 Å². The van der Waals surface area contributed by atoms with Crippen molar-refractivity contribution in [3.05, 3.63) is 30.3 Å². The van der Waals surface area contributed by atoms with Gasteiger partial charge in [0.25, 0.3) is 0 Å². The molecule has 0 aromatic heterocycles. The number of nitrogens with two attached hydrogens (primary N) is 1. The van der Waals surface area contributed by atoms with E-state index in [0.29, 0.717) is 17.7 Å². The molecule has 2 rings (SSSR count). The summed E-state index contributed by atoms with van der Waals surface area (Å²) in [6.07, 6.45) is 2.10. The summed E-state index contributed by atoms with van der Waals surface area (Å²) in [6.45, 7) is 0. The van der Waals surface area contributed by atoms with Crippen LogP contribution in [0.5, 0.6) is 0 Å². The normalized spacial score (nSPS) is 26.7. The molecule has 2 unspecified atom stereocenters. The van der Waals surface area contributed by atoms with E-state index in [1.54, 1.807) is 24.3 Å². The first kappa shape index (κ1) is 10.6. The highest BCUT2D eigenvalue weighted by atomic mass is 32.2. The molecule has 4 heteroatoms.